The minimum absolute atomic E-state index is 0.00427. The molecule has 1 amide bonds. The molecule has 2 aromatic carbocycles. The number of amides is 1. The molecule has 2 aromatic rings. The number of benzene rings is 2. The summed E-state index contributed by atoms with van der Waals surface area (Å²) in [5, 5.41) is 3.04. The summed E-state index contributed by atoms with van der Waals surface area (Å²) in [4.78, 5) is 12.1. The van der Waals surface area contributed by atoms with Gasteiger partial charge >= 0.3 is 0 Å². The van der Waals surface area contributed by atoms with Crippen molar-refractivity contribution in [3.05, 3.63) is 70.2 Å². The molecule has 0 unspecified atom stereocenters. The zero-order chi connectivity index (χ0) is 15.4. The highest BCUT2D eigenvalue weighted by Gasteiger charge is 2.21. The monoisotopic (exact) mass is 357 g/mol. The van der Waals surface area contributed by atoms with Crippen molar-refractivity contribution in [1.82, 2.24) is 5.32 Å². The highest BCUT2D eigenvalue weighted by atomic mass is 79.9. The molecule has 0 aromatic heterocycles. The molecule has 1 aliphatic rings. The minimum Gasteiger partial charge on any atom is -0.493 e. The van der Waals surface area contributed by atoms with Gasteiger partial charge in [0.2, 0.25) is 5.91 Å². The Morgan fingerprint density at radius 3 is 2.95 bits per heavy atom. The van der Waals surface area contributed by atoms with Crippen molar-refractivity contribution in [2.75, 3.05) is 6.61 Å². The molecule has 0 bridgehead atoms. The van der Waals surface area contributed by atoms with E-state index < -0.39 is 0 Å². The van der Waals surface area contributed by atoms with Crippen LogP contribution in [0.3, 0.4) is 0 Å². The molecular formula is C18H16BrNO2. The molecule has 3 rings (SSSR count). The predicted octanol–water partition coefficient (Wildman–Crippen LogP) is 4.10. The highest BCUT2D eigenvalue weighted by molar-refractivity contribution is 9.10. The van der Waals surface area contributed by atoms with Crippen molar-refractivity contribution in [2.45, 2.75) is 12.5 Å². The molecule has 4 heteroatoms. The second-order valence-electron chi connectivity index (χ2n) is 5.12. The Hall–Kier alpha value is -2.07. The van der Waals surface area contributed by atoms with Crippen LogP contribution in [0.2, 0.25) is 0 Å². The predicted molar refractivity (Wildman–Crippen MR) is 90.6 cm³/mol. The lowest BCUT2D eigenvalue weighted by Gasteiger charge is -2.26. The maximum absolute atomic E-state index is 12.1. The van der Waals surface area contributed by atoms with Gasteiger partial charge in [-0.25, -0.2) is 0 Å². The van der Waals surface area contributed by atoms with Crippen LogP contribution in [0.5, 0.6) is 5.75 Å². The van der Waals surface area contributed by atoms with E-state index in [1.807, 2.05) is 54.6 Å². The van der Waals surface area contributed by atoms with Crippen molar-refractivity contribution in [2.24, 2.45) is 0 Å². The molecule has 0 fully saturated rings. The Morgan fingerprint density at radius 2 is 2.09 bits per heavy atom. The van der Waals surface area contributed by atoms with E-state index in [1.165, 1.54) is 0 Å². The largest absolute Gasteiger partial charge is 0.493 e. The lowest BCUT2D eigenvalue weighted by Crippen LogP contribution is -2.30. The number of hydrogen-bond acceptors (Lipinski definition) is 2. The van der Waals surface area contributed by atoms with E-state index >= 15 is 0 Å². The summed E-state index contributed by atoms with van der Waals surface area (Å²) in [6.45, 7) is 0.622. The van der Waals surface area contributed by atoms with Crippen molar-refractivity contribution in [1.29, 1.82) is 0 Å². The van der Waals surface area contributed by atoms with E-state index in [2.05, 4.69) is 21.2 Å². The van der Waals surface area contributed by atoms with Crippen molar-refractivity contribution < 1.29 is 9.53 Å². The lowest BCUT2D eigenvalue weighted by molar-refractivity contribution is -0.117. The first-order valence-corrected chi connectivity index (χ1v) is 7.97. The van der Waals surface area contributed by atoms with Gasteiger partial charge in [-0.2, -0.15) is 0 Å². The zero-order valence-electron chi connectivity index (χ0n) is 12.0. The SMILES string of the molecule is O=C(/C=C/c1cccc(Br)c1)N[C@@H]1CCOc2ccccc21. The van der Waals surface area contributed by atoms with Crippen molar-refractivity contribution in [3.63, 3.8) is 0 Å². The molecule has 0 saturated carbocycles. The van der Waals surface area contributed by atoms with Gasteiger partial charge in [-0.1, -0.05) is 46.3 Å². The fourth-order valence-electron chi connectivity index (χ4n) is 2.49. The molecule has 22 heavy (non-hydrogen) atoms. The summed E-state index contributed by atoms with van der Waals surface area (Å²) in [5.74, 6) is 0.761. The van der Waals surface area contributed by atoms with E-state index in [0.29, 0.717) is 6.61 Å². The number of fused-ring (bicyclic) bond motifs is 1. The normalized spacial score (nSPS) is 16.9. The average Bonchev–Trinajstić information content (AvgIpc) is 2.53. The van der Waals surface area contributed by atoms with Crippen LogP contribution in [0.25, 0.3) is 6.08 Å². The second kappa shape index (κ2) is 6.79. The molecule has 0 saturated heterocycles. The topological polar surface area (TPSA) is 38.3 Å². The summed E-state index contributed by atoms with van der Waals surface area (Å²) in [5.41, 5.74) is 2.02. The van der Waals surface area contributed by atoms with Gasteiger partial charge in [0, 0.05) is 22.5 Å². The number of halogens is 1. The number of carbonyl (C=O) groups excluding carboxylic acids is 1. The second-order valence-corrected chi connectivity index (χ2v) is 6.04. The third-order valence-electron chi connectivity index (χ3n) is 3.55. The van der Waals surface area contributed by atoms with E-state index in [0.717, 1.165) is 27.8 Å². The van der Waals surface area contributed by atoms with Gasteiger partial charge in [0.05, 0.1) is 12.6 Å². The average molecular weight is 358 g/mol. The zero-order valence-corrected chi connectivity index (χ0v) is 13.5. The van der Waals surface area contributed by atoms with E-state index in [9.17, 15) is 4.79 Å². The first-order chi connectivity index (χ1) is 10.7. The van der Waals surface area contributed by atoms with Crippen LogP contribution in [0, 0.1) is 0 Å². The minimum atomic E-state index is -0.0957. The third kappa shape index (κ3) is 3.57. The molecule has 1 heterocycles. The van der Waals surface area contributed by atoms with Gasteiger partial charge in [-0.3, -0.25) is 4.79 Å². The summed E-state index contributed by atoms with van der Waals surface area (Å²) < 4.78 is 6.60. The number of para-hydroxylation sites is 1. The van der Waals surface area contributed by atoms with Crippen LogP contribution in [0.1, 0.15) is 23.6 Å². The van der Waals surface area contributed by atoms with Gasteiger partial charge in [0.1, 0.15) is 5.75 Å². The highest BCUT2D eigenvalue weighted by Crippen LogP contribution is 2.31. The van der Waals surface area contributed by atoms with Crippen LogP contribution < -0.4 is 10.1 Å². The van der Waals surface area contributed by atoms with Gasteiger partial charge in [-0.05, 0) is 29.8 Å². The van der Waals surface area contributed by atoms with Crippen LogP contribution >= 0.6 is 15.9 Å². The fourth-order valence-corrected chi connectivity index (χ4v) is 2.91. The molecule has 1 aliphatic heterocycles. The van der Waals surface area contributed by atoms with Crippen molar-refractivity contribution in [3.8, 4) is 5.75 Å². The molecule has 3 nitrogen and oxygen atoms in total. The molecule has 1 atom stereocenters. The summed E-state index contributed by atoms with van der Waals surface area (Å²) in [6.07, 6.45) is 4.17. The Bertz CT molecular complexity index is 712. The molecule has 0 radical (unpaired) electrons. The smallest absolute Gasteiger partial charge is 0.244 e. The quantitative estimate of drug-likeness (QED) is 0.839. The number of ether oxygens (including phenoxy) is 1. The third-order valence-corrected chi connectivity index (χ3v) is 4.04. The summed E-state index contributed by atoms with van der Waals surface area (Å²) in [6, 6.07) is 15.7. The first kappa shape index (κ1) is 14.9. The van der Waals surface area contributed by atoms with Gasteiger partial charge in [0.15, 0.2) is 0 Å². The lowest BCUT2D eigenvalue weighted by atomic mass is 10.0. The molecule has 0 aliphatic carbocycles. The number of rotatable bonds is 3. The van der Waals surface area contributed by atoms with Crippen LogP contribution in [-0.2, 0) is 4.79 Å². The molecule has 0 spiro atoms. The maximum atomic E-state index is 12.1. The standard InChI is InChI=1S/C18H16BrNO2/c19-14-5-3-4-13(12-14)8-9-18(21)20-16-10-11-22-17-7-2-1-6-15(16)17/h1-9,12,16H,10-11H2,(H,20,21)/b9-8+/t16-/m1/s1. The van der Waals surface area contributed by atoms with E-state index in [4.69, 9.17) is 4.74 Å². The molecular weight excluding hydrogens is 342 g/mol. The molecule has 1 N–H and O–H groups in total. The van der Waals surface area contributed by atoms with Crippen molar-refractivity contribution >= 4 is 27.9 Å². The van der Waals surface area contributed by atoms with E-state index in [1.54, 1.807) is 6.08 Å². The van der Waals surface area contributed by atoms with Gasteiger partial charge < -0.3 is 10.1 Å². The van der Waals surface area contributed by atoms with Crippen LogP contribution in [0.4, 0.5) is 0 Å². The van der Waals surface area contributed by atoms with Gasteiger partial charge in [0.25, 0.3) is 0 Å². The summed E-state index contributed by atoms with van der Waals surface area (Å²) >= 11 is 3.42. The van der Waals surface area contributed by atoms with E-state index in [-0.39, 0.29) is 11.9 Å². The van der Waals surface area contributed by atoms with Gasteiger partial charge in [-0.15, -0.1) is 0 Å². The Morgan fingerprint density at radius 1 is 1.23 bits per heavy atom. The Labute approximate surface area is 138 Å². The number of nitrogens with one attached hydrogen (secondary N) is 1. The fraction of sp³-hybridized carbons (Fsp3) is 0.167. The molecule has 112 valence electrons. The Balaban J connectivity index is 1.68. The maximum Gasteiger partial charge on any atom is 0.244 e. The Kier molecular flexibility index (Phi) is 4.59. The number of hydrogen-bond donors (Lipinski definition) is 1. The number of carbonyl (C=O) groups is 1. The summed E-state index contributed by atoms with van der Waals surface area (Å²) in [7, 11) is 0. The first-order valence-electron chi connectivity index (χ1n) is 7.18. The van der Waals surface area contributed by atoms with Crippen LogP contribution in [0.15, 0.2) is 59.1 Å². The van der Waals surface area contributed by atoms with Crippen LogP contribution in [-0.4, -0.2) is 12.5 Å².